The molecule has 6 nitrogen and oxygen atoms in total. The maximum atomic E-state index is 12.3. The Balaban J connectivity index is 1.92. The highest BCUT2D eigenvalue weighted by Gasteiger charge is 2.19. The van der Waals surface area contributed by atoms with E-state index in [0.29, 0.717) is 25.4 Å². The summed E-state index contributed by atoms with van der Waals surface area (Å²) in [6, 6.07) is 10.0. The first-order valence-corrected chi connectivity index (χ1v) is 7.81. The average molecular weight is 382 g/mol. The quantitative estimate of drug-likeness (QED) is 0.795. The number of likely N-dealkylation sites (N-methyl/N-ethyl adjacent to an activating group) is 1. The van der Waals surface area contributed by atoms with Gasteiger partial charge >= 0.3 is 5.97 Å². The number of halogens is 1. The Morgan fingerprint density at radius 2 is 1.83 bits per heavy atom. The third kappa shape index (κ3) is 4.59. The molecule has 1 aromatic heterocycles. The molecule has 0 saturated heterocycles. The van der Waals surface area contributed by atoms with Crippen molar-refractivity contribution in [2.75, 3.05) is 19.7 Å². The monoisotopic (exact) mass is 381 g/mol. The fraction of sp³-hybridized carbons (Fsp3) is 0.250. The van der Waals surface area contributed by atoms with Crippen LogP contribution in [0.25, 0.3) is 0 Å². The van der Waals surface area contributed by atoms with E-state index in [1.165, 1.54) is 17.0 Å². The number of furan rings is 1. The van der Waals surface area contributed by atoms with Crippen LogP contribution in [-0.2, 0) is 0 Å². The molecule has 0 atom stereocenters. The Labute approximate surface area is 141 Å². The van der Waals surface area contributed by atoms with Crippen LogP contribution in [0.4, 0.5) is 0 Å². The van der Waals surface area contributed by atoms with Gasteiger partial charge in [0.05, 0.1) is 6.54 Å². The SMILES string of the molecule is CCN(CCOc1ccc(Br)cc1)C(=O)c1ccc(C(=O)O)o1. The first kappa shape index (κ1) is 17.1. The molecule has 7 heteroatoms. The van der Waals surface area contributed by atoms with Gasteiger partial charge in [-0.1, -0.05) is 15.9 Å². The van der Waals surface area contributed by atoms with Gasteiger partial charge in [0.15, 0.2) is 5.76 Å². The summed E-state index contributed by atoms with van der Waals surface area (Å²) in [5.41, 5.74) is 0. The smallest absolute Gasteiger partial charge is 0.371 e. The molecular weight excluding hydrogens is 366 g/mol. The fourth-order valence-corrected chi connectivity index (χ4v) is 2.20. The lowest BCUT2D eigenvalue weighted by Crippen LogP contribution is -2.34. The van der Waals surface area contributed by atoms with Crippen LogP contribution in [0, 0.1) is 0 Å². The molecule has 122 valence electrons. The van der Waals surface area contributed by atoms with E-state index >= 15 is 0 Å². The molecular formula is C16H16BrNO5. The Morgan fingerprint density at radius 3 is 2.39 bits per heavy atom. The van der Waals surface area contributed by atoms with Gasteiger partial charge in [-0.2, -0.15) is 0 Å². The van der Waals surface area contributed by atoms with Gasteiger partial charge in [0.2, 0.25) is 5.76 Å². The highest BCUT2D eigenvalue weighted by atomic mass is 79.9. The van der Waals surface area contributed by atoms with E-state index in [0.717, 1.165) is 4.47 Å². The summed E-state index contributed by atoms with van der Waals surface area (Å²) in [7, 11) is 0. The second-order valence-electron chi connectivity index (χ2n) is 4.66. The van der Waals surface area contributed by atoms with Crippen LogP contribution in [0.5, 0.6) is 5.75 Å². The van der Waals surface area contributed by atoms with Crippen molar-refractivity contribution in [1.29, 1.82) is 0 Å². The molecule has 23 heavy (non-hydrogen) atoms. The Morgan fingerprint density at radius 1 is 1.17 bits per heavy atom. The first-order chi connectivity index (χ1) is 11.0. The van der Waals surface area contributed by atoms with Gasteiger partial charge in [-0.05, 0) is 43.3 Å². The maximum Gasteiger partial charge on any atom is 0.371 e. The third-order valence-electron chi connectivity index (χ3n) is 3.14. The summed E-state index contributed by atoms with van der Waals surface area (Å²) in [6.45, 7) is 2.99. The molecule has 0 spiro atoms. The number of hydrogen-bond acceptors (Lipinski definition) is 4. The van der Waals surface area contributed by atoms with E-state index in [1.54, 1.807) is 0 Å². The van der Waals surface area contributed by atoms with Gasteiger partial charge in [0.25, 0.3) is 5.91 Å². The van der Waals surface area contributed by atoms with E-state index in [2.05, 4.69) is 15.9 Å². The molecule has 0 unspecified atom stereocenters. The molecule has 1 N–H and O–H groups in total. The molecule has 1 heterocycles. The second kappa shape index (κ2) is 7.82. The Hall–Kier alpha value is -2.28. The third-order valence-corrected chi connectivity index (χ3v) is 3.67. The predicted octanol–water partition coefficient (Wildman–Crippen LogP) is 3.28. The van der Waals surface area contributed by atoms with Gasteiger partial charge in [0, 0.05) is 11.0 Å². The summed E-state index contributed by atoms with van der Waals surface area (Å²) in [6.07, 6.45) is 0. The summed E-state index contributed by atoms with van der Waals surface area (Å²) in [4.78, 5) is 24.6. The zero-order valence-corrected chi connectivity index (χ0v) is 14.1. The largest absolute Gasteiger partial charge is 0.492 e. The molecule has 0 aliphatic rings. The number of ether oxygens (including phenoxy) is 1. The van der Waals surface area contributed by atoms with Crippen molar-refractivity contribution >= 4 is 27.8 Å². The Kier molecular flexibility index (Phi) is 5.81. The number of carboxylic acid groups (broad SMARTS) is 1. The summed E-state index contributed by atoms with van der Waals surface area (Å²) in [5.74, 6) is -1.10. The van der Waals surface area contributed by atoms with Crippen LogP contribution in [0.1, 0.15) is 28.0 Å². The molecule has 0 bridgehead atoms. The number of aromatic carboxylic acids is 1. The zero-order valence-electron chi connectivity index (χ0n) is 12.5. The number of carbonyl (C=O) groups is 2. The molecule has 1 aromatic carbocycles. The molecule has 0 aliphatic heterocycles. The maximum absolute atomic E-state index is 12.3. The van der Waals surface area contributed by atoms with Crippen molar-refractivity contribution in [2.45, 2.75) is 6.92 Å². The van der Waals surface area contributed by atoms with E-state index in [1.807, 2.05) is 31.2 Å². The average Bonchev–Trinajstić information content (AvgIpc) is 3.03. The molecule has 2 rings (SSSR count). The topological polar surface area (TPSA) is 80.0 Å². The number of rotatable bonds is 7. The van der Waals surface area contributed by atoms with Crippen molar-refractivity contribution in [3.05, 3.63) is 52.4 Å². The Bertz CT molecular complexity index is 680. The van der Waals surface area contributed by atoms with Crippen molar-refractivity contribution < 1.29 is 23.8 Å². The normalized spacial score (nSPS) is 10.3. The van der Waals surface area contributed by atoms with E-state index < -0.39 is 5.97 Å². The van der Waals surface area contributed by atoms with Gasteiger partial charge in [-0.25, -0.2) is 4.79 Å². The minimum atomic E-state index is -1.20. The fourth-order valence-electron chi connectivity index (χ4n) is 1.93. The predicted molar refractivity (Wildman–Crippen MR) is 86.9 cm³/mol. The molecule has 1 amide bonds. The molecule has 0 fully saturated rings. The second-order valence-corrected chi connectivity index (χ2v) is 5.57. The van der Waals surface area contributed by atoms with Gasteiger partial charge < -0.3 is 19.2 Å². The van der Waals surface area contributed by atoms with Gasteiger partial charge in [-0.15, -0.1) is 0 Å². The lowest BCUT2D eigenvalue weighted by Gasteiger charge is -2.19. The van der Waals surface area contributed by atoms with E-state index in [4.69, 9.17) is 14.3 Å². The lowest BCUT2D eigenvalue weighted by molar-refractivity contribution is 0.0646. The number of hydrogen-bond donors (Lipinski definition) is 1. The number of benzene rings is 1. The first-order valence-electron chi connectivity index (χ1n) is 7.02. The number of nitrogens with zero attached hydrogens (tertiary/aromatic N) is 1. The van der Waals surface area contributed by atoms with Crippen LogP contribution in [0.3, 0.4) is 0 Å². The molecule has 0 aliphatic carbocycles. The van der Waals surface area contributed by atoms with Gasteiger partial charge in [-0.3, -0.25) is 4.79 Å². The van der Waals surface area contributed by atoms with Crippen LogP contribution < -0.4 is 4.74 Å². The molecule has 0 radical (unpaired) electrons. The van der Waals surface area contributed by atoms with Crippen LogP contribution in [-0.4, -0.2) is 41.6 Å². The van der Waals surface area contributed by atoms with Crippen molar-refractivity contribution in [3.63, 3.8) is 0 Å². The standard InChI is InChI=1S/C16H16BrNO5/c1-2-18(9-10-22-12-5-3-11(17)4-6-12)15(19)13-7-8-14(23-13)16(20)21/h3-8H,2,9-10H2,1H3,(H,20,21). The van der Waals surface area contributed by atoms with Crippen LogP contribution in [0.2, 0.25) is 0 Å². The highest BCUT2D eigenvalue weighted by molar-refractivity contribution is 9.10. The minimum Gasteiger partial charge on any atom is -0.492 e. The lowest BCUT2D eigenvalue weighted by atomic mass is 10.3. The summed E-state index contributed by atoms with van der Waals surface area (Å²) < 4.78 is 11.6. The van der Waals surface area contributed by atoms with Crippen LogP contribution in [0.15, 0.2) is 45.3 Å². The molecule has 0 saturated carbocycles. The van der Waals surface area contributed by atoms with Crippen molar-refractivity contribution in [2.24, 2.45) is 0 Å². The van der Waals surface area contributed by atoms with Crippen LogP contribution >= 0.6 is 15.9 Å². The summed E-state index contributed by atoms with van der Waals surface area (Å²) in [5, 5.41) is 8.82. The van der Waals surface area contributed by atoms with Gasteiger partial charge in [0.1, 0.15) is 12.4 Å². The van der Waals surface area contributed by atoms with Crippen molar-refractivity contribution in [3.8, 4) is 5.75 Å². The molecule has 2 aromatic rings. The summed E-state index contributed by atoms with van der Waals surface area (Å²) >= 11 is 3.34. The number of amides is 1. The zero-order chi connectivity index (χ0) is 16.8. The van der Waals surface area contributed by atoms with Crippen molar-refractivity contribution in [1.82, 2.24) is 4.90 Å². The van der Waals surface area contributed by atoms with E-state index in [9.17, 15) is 9.59 Å². The number of carboxylic acids is 1. The highest BCUT2D eigenvalue weighted by Crippen LogP contribution is 2.16. The number of carbonyl (C=O) groups excluding carboxylic acids is 1. The minimum absolute atomic E-state index is 0.00731. The van der Waals surface area contributed by atoms with E-state index in [-0.39, 0.29) is 17.4 Å².